The molecule has 1 amide bonds. The Morgan fingerprint density at radius 1 is 1.00 bits per heavy atom. The van der Waals surface area contributed by atoms with Crippen LogP contribution in [-0.2, 0) is 6.54 Å². The van der Waals surface area contributed by atoms with Crippen molar-refractivity contribution < 1.29 is 4.79 Å². The number of nitrogens with zero attached hydrogens (tertiary/aromatic N) is 4. The van der Waals surface area contributed by atoms with Crippen molar-refractivity contribution in [3.63, 3.8) is 0 Å². The van der Waals surface area contributed by atoms with E-state index < -0.39 is 0 Å². The van der Waals surface area contributed by atoms with E-state index in [2.05, 4.69) is 9.97 Å². The lowest BCUT2D eigenvalue weighted by molar-refractivity contribution is 0.0752. The summed E-state index contributed by atoms with van der Waals surface area (Å²) < 4.78 is 1.91. The van der Waals surface area contributed by atoms with Crippen LogP contribution in [-0.4, -0.2) is 31.7 Å². The van der Waals surface area contributed by atoms with Crippen LogP contribution in [0.5, 0.6) is 0 Å². The zero-order valence-corrected chi connectivity index (χ0v) is 15.1. The molecule has 0 aliphatic heterocycles. The highest BCUT2D eigenvalue weighted by Gasteiger charge is 2.16. The van der Waals surface area contributed by atoms with Crippen molar-refractivity contribution in [2.45, 2.75) is 13.5 Å². The zero-order valence-electron chi connectivity index (χ0n) is 15.1. The fraction of sp³-hybridized carbons (Fsp3) is 0.136. The quantitative estimate of drug-likeness (QED) is 0.542. The number of hydrogen-bond donors (Lipinski definition) is 0. The molecule has 4 aromatic rings. The third kappa shape index (κ3) is 3.58. The molecule has 0 saturated heterocycles. The number of carbonyl (C=O) groups is 1. The standard InChI is InChI=1S/C22H20N4O/c1-2-25(14-17-10-12-23-13-11-17)22(27)19-8-9-21-24-20(16-26(21)15-19)18-6-4-3-5-7-18/h3-13,15-16H,2,14H2,1H3. The molecule has 5 heteroatoms. The lowest BCUT2D eigenvalue weighted by Gasteiger charge is -2.21. The molecule has 0 N–H and O–H groups in total. The Balaban J connectivity index is 1.61. The Hall–Kier alpha value is -3.47. The normalized spacial score (nSPS) is 10.9. The maximum atomic E-state index is 13.0. The van der Waals surface area contributed by atoms with Crippen molar-refractivity contribution in [1.29, 1.82) is 0 Å². The highest BCUT2D eigenvalue weighted by Crippen LogP contribution is 2.19. The SMILES string of the molecule is CCN(Cc1ccncc1)C(=O)c1ccc2nc(-c3ccccc3)cn2c1. The van der Waals surface area contributed by atoms with Crippen LogP contribution in [0.15, 0.2) is 79.4 Å². The molecule has 0 saturated carbocycles. The molecule has 0 fully saturated rings. The predicted octanol–water partition coefficient (Wildman–Crippen LogP) is 4.06. The predicted molar refractivity (Wildman–Crippen MR) is 105 cm³/mol. The van der Waals surface area contributed by atoms with E-state index in [-0.39, 0.29) is 5.91 Å². The molecule has 0 aliphatic carbocycles. The van der Waals surface area contributed by atoms with Gasteiger partial charge in [0.15, 0.2) is 0 Å². The molecule has 0 bridgehead atoms. The van der Waals surface area contributed by atoms with Gasteiger partial charge < -0.3 is 9.30 Å². The summed E-state index contributed by atoms with van der Waals surface area (Å²) in [6.45, 7) is 3.19. The summed E-state index contributed by atoms with van der Waals surface area (Å²) >= 11 is 0. The van der Waals surface area contributed by atoms with Crippen molar-refractivity contribution in [1.82, 2.24) is 19.3 Å². The minimum absolute atomic E-state index is 0.00572. The number of fused-ring (bicyclic) bond motifs is 1. The summed E-state index contributed by atoms with van der Waals surface area (Å²) in [4.78, 5) is 23.5. The Bertz CT molecular complexity index is 1060. The second-order valence-corrected chi connectivity index (χ2v) is 6.35. The average Bonchev–Trinajstić information content (AvgIpc) is 3.16. The lowest BCUT2D eigenvalue weighted by Crippen LogP contribution is -2.30. The fourth-order valence-corrected chi connectivity index (χ4v) is 3.08. The number of aromatic nitrogens is 3. The van der Waals surface area contributed by atoms with Crippen LogP contribution in [0.1, 0.15) is 22.8 Å². The summed E-state index contributed by atoms with van der Waals surface area (Å²) in [6.07, 6.45) is 7.31. The number of amides is 1. The molecule has 3 heterocycles. The molecule has 5 nitrogen and oxygen atoms in total. The van der Waals surface area contributed by atoms with Gasteiger partial charge in [-0.25, -0.2) is 4.98 Å². The fourth-order valence-electron chi connectivity index (χ4n) is 3.08. The molecule has 0 radical (unpaired) electrons. The number of imidazole rings is 1. The van der Waals surface area contributed by atoms with E-state index in [1.165, 1.54) is 0 Å². The van der Waals surface area contributed by atoms with Crippen LogP contribution >= 0.6 is 0 Å². The third-order valence-corrected chi connectivity index (χ3v) is 4.56. The first-order valence-electron chi connectivity index (χ1n) is 8.97. The Kier molecular flexibility index (Phi) is 4.66. The van der Waals surface area contributed by atoms with Gasteiger partial charge in [0.2, 0.25) is 0 Å². The van der Waals surface area contributed by atoms with Crippen LogP contribution in [0.3, 0.4) is 0 Å². The van der Waals surface area contributed by atoms with Gasteiger partial charge in [-0.15, -0.1) is 0 Å². The van der Waals surface area contributed by atoms with Gasteiger partial charge in [0, 0.05) is 43.4 Å². The Morgan fingerprint density at radius 3 is 2.52 bits per heavy atom. The van der Waals surface area contributed by atoms with Crippen LogP contribution < -0.4 is 0 Å². The van der Waals surface area contributed by atoms with Gasteiger partial charge >= 0.3 is 0 Å². The molecule has 1 aromatic carbocycles. The Morgan fingerprint density at radius 2 is 1.78 bits per heavy atom. The molecule has 4 rings (SSSR count). The molecule has 3 aromatic heterocycles. The molecule has 0 spiro atoms. The van der Waals surface area contributed by atoms with E-state index in [1.54, 1.807) is 12.4 Å². The second kappa shape index (κ2) is 7.41. The number of carbonyl (C=O) groups excluding carboxylic acids is 1. The van der Waals surface area contributed by atoms with Crippen LogP contribution in [0.25, 0.3) is 16.9 Å². The van der Waals surface area contributed by atoms with E-state index in [9.17, 15) is 4.79 Å². The number of rotatable bonds is 5. The topological polar surface area (TPSA) is 50.5 Å². The van der Waals surface area contributed by atoms with E-state index >= 15 is 0 Å². The zero-order chi connectivity index (χ0) is 18.6. The van der Waals surface area contributed by atoms with Gasteiger partial charge in [0.1, 0.15) is 5.65 Å². The molecule has 0 aliphatic rings. The summed E-state index contributed by atoms with van der Waals surface area (Å²) in [5, 5.41) is 0. The van der Waals surface area contributed by atoms with Crippen molar-refractivity contribution in [2.24, 2.45) is 0 Å². The monoisotopic (exact) mass is 356 g/mol. The first kappa shape index (κ1) is 17.0. The summed E-state index contributed by atoms with van der Waals surface area (Å²) in [5.74, 6) is 0.00572. The van der Waals surface area contributed by atoms with Crippen molar-refractivity contribution in [2.75, 3.05) is 6.54 Å². The van der Waals surface area contributed by atoms with Crippen molar-refractivity contribution >= 4 is 11.6 Å². The van der Waals surface area contributed by atoms with Gasteiger partial charge in [-0.05, 0) is 36.8 Å². The number of hydrogen-bond acceptors (Lipinski definition) is 3. The summed E-state index contributed by atoms with van der Waals surface area (Å²) in [5.41, 5.74) is 4.49. The Labute approximate surface area is 157 Å². The van der Waals surface area contributed by atoms with Gasteiger partial charge in [-0.2, -0.15) is 0 Å². The number of pyridine rings is 2. The minimum Gasteiger partial charge on any atom is -0.335 e. The van der Waals surface area contributed by atoms with E-state index in [0.717, 1.165) is 22.5 Å². The average molecular weight is 356 g/mol. The van der Waals surface area contributed by atoms with Crippen LogP contribution in [0, 0.1) is 0 Å². The smallest absolute Gasteiger partial charge is 0.255 e. The van der Waals surface area contributed by atoms with Crippen molar-refractivity contribution in [3.05, 3.63) is 90.5 Å². The largest absolute Gasteiger partial charge is 0.335 e. The second-order valence-electron chi connectivity index (χ2n) is 6.35. The highest BCUT2D eigenvalue weighted by molar-refractivity contribution is 5.94. The maximum absolute atomic E-state index is 13.0. The van der Waals surface area contributed by atoms with E-state index in [4.69, 9.17) is 0 Å². The lowest BCUT2D eigenvalue weighted by atomic mass is 10.2. The van der Waals surface area contributed by atoms with Gasteiger partial charge in [-0.1, -0.05) is 30.3 Å². The first-order valence-corrected chi connectivity index (χ1v) is 8.97. The highest BCUT2D eigenvalue weighted by atomic mass is 16.2. The summed E-state index contributed by atoms with van der Waals surface area (Å²) in [7, 11) is 0. The number of benzene rings is 1. The molecule has 27 heavy (non-hydrogen) atoms. The molecule has 0 atom stereocenters. The maximum Gasteiger partial charge on any atom is 0.255 e. The van der Waals surface area contributed by atoms with E-state index in [0.29, 0.717) is 18.7 Å². The minimum atomic E-state index is 0.00572. The first-order chi connectivity index (χ1) is 13.2. The summed E-state index contributed by atoms with van der Waals surface area (Å²) in [6, 6.07) is 17.6. The van der Waals surface area contributed by atoms with Gasteiger partial charge in [0.25, 0.3) is 5.91 Å². The van der Waals surface area contributed by atoms with E-state index in [1.807, 2.05) is 83.2 Å². The molecule has 134 valence electrons. The molecular weight excluding hydrogens is 336 g/mol. The van der Waals surface area contributed by atoms with Gasteiger partial charge in [0.05, 0.1) is 11.3 Å². The van der Waals surface area contributed by atoms with Crippen molar-refractivity contribution in [3.8, 4) is 11.3 Å². The van der Waals surface area contributed by atoms with Crippen LogP contribution in [0.4, 0.5) is 0 Å². The molecule has 0 unspecified atom stereocenters. The van der Waals surface area contributed by atoms with Crippen LogP contribution in [0.2, 0.25) is 0 Å². The van der Waals surface area contributed by atoms with Gasteiger partial charge in [-0.3, -0.25) is 9.78 Å². The third-order valence-electron chi connectivity index (χ3n) is 4.56. The molecular formula is C22H20N4O.